The van der Waals surface area contributed by atoms with Crippen molar-refractivity contribution < 1.29 is 5.11 Å². The molecule has 3 rings (SSSR count). The highest BCUT2D eigenvalue weighted by atomic mass is 127. The average molecular weight is 498 g/mol. The summed E-state index contributed by atoms with van der Waals surface area (Å²) in [7, 11) is 1.84. The minimum absolute atomic E-state index is 0. The number of guanidine groups is 1. The number of piperazine rings is 1. The van der Waals surface area contributed by atoms with E-state index in [0.717, 1.165) is 69.6 Å². The highest BCUT2D eigenvalue weighted by Gasteiger charge is 2.21. The minimum atomic E-state index is 0. The van der Waals surface area contributed by atoms with Crippen LogP contribution in [0.15, 0.2) is 41.7 Å². The van der Waals surface area contributed by atoms with Crippen molar-refractivity contribution in [1.29, 1.82) is 0 Å². The number of benzene rings is 1. The Hall–Kier alpha value is -1.97. The Bertz CT molecular complexity index is 755. The van der Waals surface area contributed by atoms with Crippen LogP contribution in [-0.2, 0) is 6.54 Å². The Morgan fingerprint density at radius 2 is 1.93 bits per heavy atom. The van der Waals surface area contributed by atoms with E-state index in [1.165, 1.54) is 0 Å². The molecule has 1 fully saturated rings. The Labute approximate surface area is 184 Å². The molecule has 1 aliphatic rings. The Kier molecular flexibility index (Phi) is 8.88. The van der Waals surface area contributed by atoms with Crippen molar-refractivity contribution in [3.63, 3.8) is 0 Å². The van der Waals surface area contributed by atoms with E-state index < -0.39 is 0 Å². The first-order valence-corrected chi connectivity index (χ1v) is 9.65. The van der Waals surface area contributed by atoms with Gasteiger partial charge in [-0.2, -0.15) is 0 Å². The van der Waals surface area contributed by atoms with Gasteiger partial charge in [-0.25, -0.2) is 4.98 Å². The number of nitrogens with one attached hydrogen (secondary N) is 1. The van der Waals surface area contributed by atoms with Crippen molar-refractivity contribution in [2.75, 3.05) is 44.7 Å². The van der Waals surface area contributed by atoms with Crippen molar-refractivity contribution in [1.82, 2.24) is 19.8 Å². The molecular weight excluding hydrogens is 467 g/mol. The number of rotatable bonds is 6. The summed E-state index contributed by atoms with van der Waals surface area (Å²) in [6.07, 6.45) is 6.09. The molecule has 0 spiro atoms. The molecule has 1 aromatic carbocycles. The smallest absolute Gasteiger partial charge is 0.193 e. The summed E-state index contributed by atoms with van der Waals surface area (Å²) in [5, 5.41) is 13.5. The zero-order valence-corrected chi connectivity index (χ0v) is 19.0. The van der Waals surface area contributed by atoms with Gasteiger partial charge in [0.2, 0.25) is 0 Å². The second-order valence-electron chi connectivity index (χ2n) is 6.81. The van der Waals surface area contributed by atoms with Gasteiger partial charge in [0, 0.05) is 58.7 Å². The lowest BCUT2D eigenvalue weighted by molar-refractivity contribution is 0.369. The lowest BCUT2D eigenvalue weighted by Gasteiger charge is -2.37. The number of hydrogen-bond donors (Lipinski definition) is 2. The number of para-hydroxylation sites is 2. The molecule has 0 atom stereocenters. The van der Waals surface area contributed by atoms with Gasteiger partial charge in [0.05, 0.1) is 5.69 Å². The zero-order valence-electron chi connectivity index (χ0n) is 16.7. The number of unbranched alkanes of at least 4 members (excludes halogenated alkanes) is 1. The monoisotopic (exact) mass is 498 g/mol. The fourth-order valence-corrected chi connectivity index (χ4v) is 3.47. The standard InChI is InChI=1S/C20H30N6O.HI/c1-17-22-10-12-24(17)11-6-5-9-23-20(21-2)26-15-13-25(14-16-26)18-7-3-4-8-19(18)27;/h3-4,7-8,10,12,27H,5-6,9,11,13-16H2,1-2H3,(H,21,23);1H. The second-order valence-corrected chi connectivity index (χ2v) is 6.81. The van der Waals surface area contributed by atoms with Crippen molar-refractivity contribution >= 4 is 35.6 Å². The summed E-state index contributed by atoms with van der Waals surface area (Å²) >= 11 is 0. The number of halogens is 1. The molecule has 8 heteroatoms. The summed E-state index contributed by atoms with van der Waals surface area (Å²) in [6.45, 7) is 7.49. The van der Waals surface area contributed by atoms with E-state index in [4.69, 9.17) is 0 Å². The molecule has 0 radical (unpaired) electrons. The van der Waals surface area contributed by atoms with Crippen LogP contribution in [0, 0.1) is 6.92 Å². The Morgan fingerprint density at radius 1 is 1.18 bits per heavy atom. The number of imidazole rings is 1. The van der Waals surface area contributed by atoms with Crippen LogP contribution < -0.4 is 10.2 Å². The van der Waals surface area contributed by atoms with Crippen molar-refractivity contribution in [2.24, 2.45) is 4.99 Å². The van der Waals surface area contributed by atoms with Crippen LogP contribution >= 0.6 is 24.0 Å². The van der Waals surface area contributed by atoms with Crippen LogP contribution in [0.4, 0.5) is 5.69 Å². The molecule has 28 heavy (non-hydrogen) atoms. The molecule has 0 amide bonds. The molecule has 1 aromatic heterocycles. The number of phenolic OH excluding ortho intramolecular Hbond substituents is 1. The number of aliphatic imine (C=N–C) groups is 1. The Morgan fingerprint density at radius 3 is 2.57 bits per heavy atom. The number of nitrogens with zero attached hydrogens (tertiary/aromatic N) is 5. The first-order chi connectivity index (χ1) is 13.2. The second kappa shape index (κ2) is 11.1. The maximum atomic E-state index is 10.0. The quantitative estimate of drug-likeness (QED) is 0.278. The van der Waals surface area contributed by atoms with Crippen molar-refractivity contribution in [3.8, 4) is 5.75 Å². The fourth-order valence-electron chi connectivity index (χ4n) is 3.47. The third-order valence-corrected chi connectivity index (χ3v) is 5.05. The third kappa shape index (κ3) is 5.76. The van der Waals surface area contributed by atoms with Gasteiger partial charge in [-0.15, -0.1) is 24.0 Å². The van der Waals surface area contributed by atoms with Crippen LogP contribution in [0.5, 0.6) is 5.75 Å². The maximum absolute atomic E-state index is 10.0. The number of aromatic hydroxyl groups is 1. The van der Waals surface area contributed by atoms with Gasteiger partial charge in [0.1, 0.15) is 11.6 Å². The lowest BCUT2D eigenvalue weighted by atomic mass is 10.2. The summed E-state index contributed by atoms with van der Waals surface area (Å²) < 4.78 is 2.19. The van der Waals surface area contributed by atoms with Crippen LogP contribution in [0.1, 0.15) is 18.7 Å². The SMILES string of the molecule is CN=C(NCCCCn1ccnc1C)N1CCN(c2ccccc2O)CC1.I. The van der Waals surface area contributed by atoms with E-state index in [1.54, 1.807) is 6.07 Å². The van der Waals surface area contributed by atoms with Gasteiger partial charge in [-0.1, -0.05) is 12.1 Å². The highest BCUT2D eigenvalue weighted by Crippen LogP contribution is 2.27. The molecule has 7 nitrogen and oxygen atoms in total. The van der Waals surface area contributed by atoms with Crippen LogP contribution in [0.3, 0.4) is 0 Å². The van der Waals surface area contributed by atoms with E-state index in [1.807, 2.05) is 44.6 Å². The number of anilines is 1. The molecular formula is C20H31IN6O. The number of hydrogen-bond acceptors (Lipinski definition) is 4. The van der Waals surface area contributed by atoms with E-state index in [0.29, 0.717) is 5.75 Å². The molecule has 154 valence electrons. The summed E-state index contributed by atoms with van der Waals surface area (Å²) in [6, 6.07) is 7.54. The fraction of sp³-hybridized carbons (Fsp3) is 0.500. The van der Waals surface area contributed by atoms with E-state index in [2.05, 4.69) is 29.7 Å². The minimum Gasteiger partial charge on any atom is -0.506 e. The number of aromatic nitrogens is 2. The average Bonchev–Trinajstić information content (AvgIpc) is 3.10. The molecule has 0 saturated carbocycles. The molecule has 1 aliphatic heterocycles. The predicted molar refractivity (Wildman–Crippen MR) is 125 cm³/mol. The predicted octanol–water partition coefficient (Wildman–Crippen LogP) is 2.69. The summed E-state index contributed by atoms with van der Waals surface area (Å²) in [5.74, 6) is 2.38. The van der Waals surface area contributed by atoms with Crippen molar-refractivity contribution in [3.05, 3.63) is 42.5 Å². The van der Waals surface area contributed by atoms with Gasteiger partial charge < -0.3 is 24.8 Å². The summed E-state index contributed by atoms with van der Waals surface area (Å²) in [4.78, 5) is 13.2. The normalized spacial score (nSPS) is 14.7. The third-order valence-electron chi connectivity index (χ3n) is 5.05. The summed E-state index contributed by atoms with van der Waals surface area (Å²) in [5.41, 5.74) is 0.912. The molecule has 0 bridgehead atoms. The van der Waals surface area contributed by atoms with Crippen LogP contribution in [-0.4, -0.2) is 65.3 Å². The van der Waals surface area contributed by atoms with E-state index in [-0.39, 0.29) is 24.0 Å². The van der Waals surface area contributed by atoms with Gasteiger partial charge >= 0.3 is 0 Å². The first kappa shape index (κ1) is 22.3. The molecule has 2 N–H and O–H groups in total. The zero-order chi connectivity index (χ0) is 19.1. The molecule has 2 aromatic rings. The molecule has 0 aliphatic carbocycles. The number of aryl methyl sites for hydroxylation is 2. The van der Waals surface area contributed by atoms with E-state index in [9.17, 15) is 5.11 Å². The van der Waals surface area contributed by atoms with E-state index >= 15 is 0 Å². The first-order valence-electron chi connectivity index (χ1n) is 9.65. The topological polar surface area (TPSA) is 68.9 Å². The van der Waals surface area contributed by atoms with Crippen LogP contribution in [0.25, 0.3) is 0 Å². The number of phenols is 1. The van der Waals surface area contributed by atoms with Gasteiger partial charge in [0.25, 0.3) is 0 Å². The Balaban J connectivity index is 0.00000280. The van der Waals surface area contributed by atoms with Gasteiger partial charge in [-0.05, 0) is 31.9 Å². The maximum Gasteiger partial charge on any atom is 0.193 e. The largest absolute Gasteiger partial charge is 0.506 e. The molecule has 1 saturated heterocycles. The van der Waals surface area contributed by atoms with Gasteiger partial charge in [0.15, 0.2) is 5.96 Å². The van der Waals surface area contributed by atoms with Crippen molar-refractivity contribution in [2.45, 2.75) is 26.3 Å². The van der Waals surface area contributed by atoms with Crippen LogP contribution in [0.2, 0.25) is 0 Å². The highest BCUT2D eigenvalue weighted by molar-refractivity contribution is 14.0. The molecule has 0 unspecified atom stereocenters. The molecule has 2 heterocycles. The van der Waals surface area contributed by atoms with Gasteiger partial charge in [-0.3, -0.25) is 4.99 Å². The lowest BCUT2D eigenvalue weighted by Crippen LogP contribution is -2.52.